The fourth-order valence-corrected chi connectivity index (χ4v) is 2.84. The Bertz CT molecular complexity index is 496. The predicted octanol–water partition coefficient (Wildman–Crippen LogP) is 2.84. The SMILES string of the molecule is CN(C)c1ccc(Br)cc1NC(=O)C1(C)CCNCC1. The van der Waals surface area contributed by atoms with Crippen molar-refractivity contribution in [3.8, 4) is 0 Å². The third kappa shape index (κ3) is 3.33. The lowest BCUT2D eigenvalue weighted by Gasteiger charge is -2.33. The van der Waals surface area contributed by atoms with Crippen molar-refractivity contribution in [2.45, 2.75) is 19.8 Å². The summed E-state index contributed by atoms with van der Waals surface area (Å²) in [4.78, 5) is 14.6. The maximum atomic E-state index is 12.6. The van der Waals surface area contributed by atoms with Gasteiger partial charge < -0.3 is 15.5 Å². The molecule has 1 saturated heterocycles. The van der Waals surface area contributed by atoms with Crippen molar-refractivity contribution in [3.63, 3.8) is 0 Å². The molecule has 1 amide bonds. The van der Waals surface area contributed by atoms with Gasteiger partial charge in [-0.05, 0) is 44.1 Å². The van der Waals surface area contributed by atoms with Gasteiger partial charge in [0.25, 0.3) is 0 Å². The number of nitrogens with one attached hydrogen (secondary N) is 2. The second-order valence-electron chi connectivity index (χ2n) is 5.82. The van der Waals surface area contributed by atoms with Gasteiger partial charge in [0, 0.05) is 24.0 Å². The molecule has 0 unspecified atom stereocenters. The fraction of sp³-hybridized carbons (Fsp3) is 0.533. The molecule has 110 valence electrons. The van der Waals surface area contributed by atoms with Gasteiger partial charge in [0.1, 0.15) is 0 Å². The molecule has 4 nitrogen and oxygen atoms in total. The molecule has 5 heteroatoms. The molecule has 1 aliphatic heterocycles. The summed E-state index contributed by atoms with van der Waals surface area (Å²) in [5.74, 6) is 0.111. The highest BCUT2D eigenvalue weighted by Gasteiger charge is 2.34. The second-order valence-corrected chi connectivity index (χ2v) is 6.74. The standard InChI is InChI=1S/C15H22BrN3O/c1-15(6-8-17-9-7-15)14(20)18-12-10-11(16)4-5-13(12)19(2)3/h4-5,10,17H,6-9H2,1-3H3,(H,18,20). The maximum absolute atomic E-state index is 12.6. The average molecular weight is 340 g/mol. The Morgan fingerprint density at radius 3 is 2.60 bits per heavy atom. The van der Waals surface area contributed by atoms with Gasteiger partial charge in [-0.25, -0.2) is 0 Å². The molecular weight excluding hydrogens is 318 g/mol. The number of carbonyl (C=O) groups is 1. The Morgan fingerprint density at radius 2 is 2.00 bits per heavy atom. The summed E-state index contributed by atoms with van der Waals surface area (Å²) in [5, 5.41) is 6.41. The molecule has 2 rings (SSSR count). The third-order valence-corrected chi connectivity index (χ3v) is 4.44. The summed E-state index contributed by atoms with van der Waals surface area (Å²) in [6.45, 7) is 3.86. The largest absolute Gasteiger partial charge is 0.376 e. The Labute approximate surface area is 129 Å². The first-order chi connectivity index (χ1) is 9.42. The zero-order valence-electron chi connectivity index (χ0n) is 12.3. The van der Waals surface area contributed by atoms with Crippen molar-refractivity contribution < 1.29 is 4.79 Å². The van der Waals surface area contributed by atoms with E-state index < -0.39 is 0 Å². The predicted molar refractivity (Wildman–Crippen MR) is 87.3 cm³/mol. The zero-order valence-corrected chi connectivity index (χ0v) is 13.9. The van der Waals surface area contributed by atoms with Gasteiger partial charge in [-0.3, -0.25) is 4.79 Å². The van der Waals surface area contributed by atoms with E-state index in [-0.39, 0.29) is 11.3 Å². The number of anilines is 2. The summed E-state index contributed by atoms with van der Waals surface area (Å²) in [7, 11) is 3.95. The smallest absolute Gasteiger partial charge is 0.230 e. The van der Waals surface area contributed by atoms with Crippen LogP contribution in [0.1, 0.15) is 19.8 Å². The number of amides is 1. The number of benzene rings is 1. The van der Waals surface area contributed by atoms with Crippen LogP contribution in [0.25, 0.3) is 0 Å². The lowest BCUT2D eigenvalue weighted by molar-refractivity contribution is -0.126. The van der Waals surface area contributed by atoms with Crippen LogP contribution in [0.3, 0.4) is 0 Å². The van der Waals surface area contributed by atoms with Gasteiger partial charge in [-0.2, -0.15) is 0 Å². The Kier molecular flexibility index (Phi) is 4.70. The van der Waals surface area contributed by atoms with Gasteiger partial charge in [0.15, 0.2) is 0 Å². The van der Waals surface area contributed by atoms with Gasteiger partial charge in [-0.15, -0.1) is 0 Å². The molecule has 20 heavy (non-hydrogen) atoms. The molecule has 0 spiro atoms. The molecule has 0 atom stereocenters. The van der Waals surface area contributed by atoms with Crippen LogP contribution < -0.4 is 15.5 Å². The van der Waals surface area contributed by atoms with E-state index in [4.69, 9.17) is 0 Å². The lowest BCUT2D eigenvalue weighted by atomic mass is 9.80. The van der Waals surface area contributed by atoms with Gasteiger partial charge in [0.2, 0.25) is 5.91 Å². The second kappa shape index (κ2) is 6.14. The summed E-state index contributed by atoms with van der Waals surface area (Å²) >= 11 is 3.46. The third-order valence-electron chi connectivity index (χ3n) is 3.94. The van der Waals surface area contributed by atoms with E-state index in [9.17, 15) is 4.79 Å². The number of piperidine rings is 1. The van der Waals surface area contributed by atoms with E-state index in [1.54, 1.807) is 0 Å². The van der Waals surface area contributed by atoms with Crippen molar-refractivity contribution in [3.05, 3.63) is 22.7 Å². The topological polar surface area (TPSA) is 44.4 Å². The highest BCUT2D eigenvalue weighted by molar-refractivity contribution is 9.10. The molecule has 1 aliphatic rings. The van der Waals surface area contributed by atoms with Crippen LogP contribution in [0, 0.1) is 5.41 Å². The molecule has 1 fully saturated rings. The molecule has 0 aliphatic carbocycles. The van der Waals surface area contributed by atoms with E-state index in [2.05, 4.69) is 33.5 Å². The highest BCUT2D eigenvalue weighted by Crippen LogP contribution is 2.33. The van der Waals surface area contributed by atoms with Crippen LogP contribution in [0.15, 0.2) is 22.7 Å². The summed E-state index contributed by atoms with van der Waals surface area (Å²) in [5.41, 5.74) is 1.59. The van der Waals surface area contributed by atoms with Crippen LogP contribution in [0.4, 0.5) is 11.4 Å². The zero-order chi connectivity index (χ0) is 14.8. The summed E-state index contributed by atoms with van der Waals surface area (Å²) in [6, 6.07) is 5.94. The van der Waals surface area contributed by atoms with Crippen LogP contribution in [0.5, 0.6) is 0 Å². The van der Waals surface area contributed by atoms with E-state index in [1.165, 1.54) is 0 Å². The van der Waals surface area contributed by atoms with E-state index in [0.29, 0.717) is 0 Å². The van der Waals surface area contributed by atoms with Crippen LogP contribution >= 0.6 is 15.9 Å². The summed E-state index contributed by atoms with van der Waals surface area (Å²) in [6.07, 6.45) is 1.76. The van der Waals surface area contributed by atoms with E-state index >= 15 is 0 Å². The molecule has 2 N–H and O–H groups in total. The van der Waals surface area contributed by atoms with Crippen molar-refractivity contribution >= 4 is 33.2 Å². The molecule has 0 aromatic heterocycles. The molecular formula is C15H22BrN3O. The first-order valence-electron chi connectivity index (χ1n) is 6.91. The number of halogens is 1. The van der Waals surface area contributed by atoms with Crippen molar-refractivity contribution in [1.82, 2.24) is 5.32 Å². The first kappa shape index (κ1) is 15.3. The minimum Gasteiger partial charge on any atom is -0.376 e. The average Bonchev–Trinajstić information content (AvgIpc) is 2.39. The monoisotopic (exact) mass is 339 g/mol. The molecule has 0 saturated carbocycles. The number of hydrogen-bond acceptors (Lipinski definition) is 3. The van der Waals surface area contributed by atoms with Gasteiger partial charge in [-0.1, -0.05) is 22.9 Å². The van der Waals surface area contributed by atoms with Crippen molar-refractivity contribution in [1.29, 1.82) is 0 Å². The van der Waals surface area contributed by atoms with E-state index in [0.717, 1.165) is 41.8 Å². The lowest BCUT2D eigenvalue weighted by Crippen LogP contribution is -2.43. The maximum Gasteiger partial charge on any atom is 0.230 e. The first-order valence-corrected chi connectivity index (χ1v) is 7.71. The van der Waals surface area contributed by atoms with Gasteiger partial charge in [0.05, 0.1) is 11.4 Å². The fourth-order valence-electron chi connectivity index (χ4n) is 2.48. The van der Waals surface area contributed by atoms with Crippen LogP contribution in [-0.4, -0.2) is 33.1 Å². The molecule has 0 radical (unpaired) electrons. The van der Waals surface area contributed by atoms with Crippen LogP contribution in [-0.2, 0) is 4.79 Å². The van der Waals surface area contributed by atoms with Crippen LogP contribution in [0.2, 0.25) is 0 Å². The van der Waals surface area contributed by atoms with Gasteiger partial charge >= 0.3 is 0 Å². The Morgan fingerprint density at radius 1 is 1.35 bits per heavy atom. The number of hydrogen-bond donors (Lipinski definition) is 2. The molecule has 1 aromatic rings. The molecule has 1 aromatic carbocycles. The van der Waals surface area contributed by atoms with E-state index in [1.807, 2.05) is 37.2 Å². The van der Waals surface area contributed by atoms with Crippen molar-refractivity contribution in [2.24, 2.45) is 5.41 Å². The minimum atomic E-state index is -0.281. The minimum absolute atomic E-state index is 0.111. The van der Waals surface area contributed by atoms with Crippen molar-refractivity contribution in [2.75, 3.05) is 37.4 Å². The number of carbonyl (C=O) groups excluding carboxylic acids is 1. The highest BCUT2D eigenvalue weighted by atomic mass is 79.9. The Balaban J connectivity index is 2.20. The number of nitrogens with zero attached hydrogens (tertiary/aromatic N) is 1. The summed E-state index contributed by atoms with van der Waals surface area (Å²) < 4.78 is 0.967. The normalized spacial score (nSPS) is 17.6. The Hall–Kier alpha value is -1.07. The number of rotatable bonds is 3. The molecule has 1 heterocycles. The molecule has 0 bridgehead atoms. The quantitative estimate of drug-likeness (QED) is 0.889.